The van der Waals surface area contributed by atoms with Crippen molar-refractivity contribution in [2.45, 2.75) is 19.5 Å². The van der Waals surface area contributed by atoms with Crippen molar-refractivity contribution < 1.29 is 18.7 Å². The second kappa shape index (κ2) is 7.09. The van der Waals surface area contributed by atoms with Crippen LogP contribution in [0.1, 0.15) is 38.9 Å². The Labute approximate surface area is 177 Å². The first-order valence-electron chi connectivity index (χ1n) is 9.84. The van der Waals surface area contributed by atoms with Crippen LogP contribution in [0.3, 0.4) is 0 Å². The number of hydrogen-bond donors (Lipinski definition) is 1. The van der Waals surface area contributed by atoms with E-state index in [2.05, 4.69) is 0 Å². The normalized spacial score (nSPS) is 15.5. The highest BCUT2D eigenvalue weighted by molar-refractivity contribution is 5.99. The van der Waals surface area contributed by atoms with Crippen molar-refractivity contribution in [2.24, 2.45) is 0 Å². The number of aromatic hydroxyl groups is 1. The Balaban J connectivity index is 1.73. The highest BCUT2D eigenvalue weighted by Gasteiger charge is 2.42. The molecule has 5 rings (SSSR count). The minimum atomic E-state index is -0.735. The van der Waals surface area contributed by atoms with Gasteiger partial charge < -0.3 is 14.4 Å². The average molecular weight is 415 g/mol. The van der Waals surface area contributed by atoms with Crippen molar-refractivity contribution in [3.8, 4) is 5.75 Å². The molecule has 0 unspecified atom stereocenters. The first-order valence-corrected chi connectivity index (χ1v) is 9.84. The maximum Gasteiger partial charge on any atom is 0.291 e. The Morgan fingerprint density at radius 2 is 1.81 bits per heavy atom. The lowest BCUT2D eigenvalue weighted by Gasteiger charge is -2.25. The average Bonchev–Trinajstić information content (AvgIpc) is 3.02. The summed E-state index contributed by atoms with van der Waals surface area (Å²) in [5, 5.41) is 10.4. The maximum absolute atomic E-state index is 13.5. The number of halogens is 1. The number of fused-ring (bicyclic) bond motifs is 2. The van der Waals surface area contributed by atoms with Crippen molar-refractivity contribution in [1.29, 1.82) is 0 Å². The van der Waals surface area contributed by atoms with Crippen molar-refractivity contribution in [3.05, 3.63) is 111 Å². The summed E-state index contributed by atoms with van der Waals surface area (Å²) in [6.45, 7) is 2.03. The van der Waals surface area contributed by atoms with Crippen molar-refractivity contribution in [1.82, 2.24) is 4.90 Å². The topological polar surface area (TPSA) is 70.8 Å². The van der Waals surface area contributed by atoms with Crippen LogP contribution in [0, 0.1) is 12.7 Å². The fraction of sp³-hybridized carbons (Fsp3) is 0.120. The van der Waals surface area contributed by atoms with Crippen LogP contribution in [0.5, 0.6) is 5.75 Å². The number of aryl methyl sites for hydroxylation is 1. The van der Waals surface area contributed by atoms with E-state index in [0.29, 0.717) is 22.1 Å². The first kappa shape index (κ1) is 19.1. The summed E-state index contributed by atoms with van der Waals surface area (Å²) in [7, 11) is 0. The van der Waals surface area contributed by atoms with E-state index in [1.165, 1.54) is 29.2 Å². The molecule has 0 fully saturated rings. The second-order valence-electron chi connectivity index (χ2n) is 7.73. The lowest BCUT2D eigenvalue weighted by molar-refractivity contribution is 0.0714. The molecule has 0 saturated carbocycles. The lowest BCUT2D eigenvalue weighted by Crippen LogP contribution is -2.29. The molecule has 1 N–H and O–H groups in total. The Morgan fingerprint density at radius 3 is 2.55 bits per heavy atom. The number of phenolic OH excluding ortho intramolecular Hbond substituents is 1. The molecule has 2 heterocycles. The summed E-state index contributed by atoms with van der Waals surface area (Å²) in [5.41, 5.74) is 2.52. The lowest BCUT2D eigenvalue weighted by atomic mass is 9.97. The maximum atomic E-state index is 13.5. The monoisotopic (exact) mass is 415 g/mol. The van der Waals surface area contributed by atoms with E-state index in [-0.39, 0.29) is 34.9 Å². The van der Waals surface area contributed by atoms with Gasteiger partial charge >= 0.3 is 0 Å². The SMILES string of the molecule is Cc1ccc2oc3c(c(=O)c2c1)[C@H](c1cccc(O)c1)N(Cc1ccc(F)cc1)C3=O. The standard InChI is InChI=1S/C25H18FNO4/c1-14-5-10-20-19(11-14)23(29)21-22(16-3-2-4-18(28)12-16)27(25(30)24(21)31-20)13-15-6-8-17(26)9-7-15/h2-12,22,28H,13H2,1H3/t22-/m0/s1. The molecular formula is C25H18FNO4. The van der Waals surface area contributed by atoms with E-state index in [4.69, 9.17) is 4.42 Å². The molecule has 0 aliphatic carbocycles. The van der Waals surface area contributed by atoms with Gasteiger partial charge in [0, 0.05) is 6.54 Å². The number of nitrogens with zero attached hydrogens (tertiary/aromatic N) is 1. The summed E-state index contributed by atoms with van der Waals surface area (Å²) < 4.78 is 19.3. The number of rotatable bonds is 3. The van der Waals surface area contributed by atoms with E-state index in [1.54, 1.807) is 36.4 Å². The van der Waals surface area contributed by atoms with Crippen LogP contribution in [0.25, 0.3) is 11.0 Å². The molecule has 6 heteroatoms. The van der Waals surface area contributed by atoms with E-state index < -0.39 is 11.9 Å². The third-order valence-electron chi connectivity index (χ3n) is 5.57. The highest BCUT2D eigenvalue weighted by Crippen LogP contribution is 2.39. The van der Waals surface area contributed by atoms with Gasteiger partial charge in [0.05, 0.1) is 17.0 Å². The molecule has 4 aromatic rings. The van der Waals surface area contributed by atoms with E-state index in [1.807, 2.05) is 13.0 Å². The zero-order valence-electron chi connectivity index (χ0n) is 16.6. The smallest absolute Gasteiger partial charge is 0.291 e. The Morgan fingerprint density at radius 1 is 1.03 bits per heavy atom. The van der Waals surface area contributed by atoms with Gasteiger partial charge in [-0.05, 0) is 54.4 Å². The van der Waals surface area contributed by atoms with Gasteiger partial charge in [0.25, 0.3) is 5.91 Å². The Hall–Kier alpha value is -3.93. The molecule has 0 radical (unpaired) electrons. The molecule has 3 aromatic carbocycles. The molecule has 1 amide bonds. The Kier molecular flexibility index (Phi) is 4.36. The molecule has 1 atom stereocenters. The zero-order chi connectivity index (χ0) is 21.7. The molecule has 1 aromatic heterocycles. The van der Waals surface area contributed by atoms with E-state index in [9.17, 15) is 19.1 Å². The third-order valence-corrected chi connectivity index (χ3v) is 5.57. The van der Waals surface area contributed by atoms with Gasteiger partial charge in [-0.2, -0.15) is 0 Å². The Bertz CT molecular complexity index is 1390. The largest absolute Gasteiger partial charge is 0.508 e. The molecule has 1 aliphatic rings. The third kappa shape index (κ3) is 3.17. The second-order valence-corrected chi connectivity index (χ2v) is 7.73. The van der Waals surface area contributed by atoms with Gasteiger partial charge in [-0.3, -0.25) is 9.59 Å². The molecule has 0 bridgehead atoms. The molecule has 31 heavy (non-hydrogen) atoms. The predicted octanol–water partition coefficient (Wildman–Crippen LogP) is 4.69. The number of amides is 1. The first-order chi connectivity index (χ1) is 14.9. The number of hydrogen-bond acceptors (Lipinski definition) is 4. The minimum Gasteiger partial charge on any atom is -0.508 e. The number of carbonyl (C=O) groups is 1. The molecule has 1 aliphatic heterocycles. The molecule has 0 saturated heterocycles. The quantitative estimate of drug-likeness (QED) is 0.527. The fourth-order valence-corrected chi connectivity index (χ4v) is 4.13. The van der Waals surface area contributed by atoms with Crippen LogP contribution < -0.4 is 5.43 Å². The molecule has 5 nitrogen and oxygen atoms in total. The van der Waals surface area contributed by atoms with Crippen molar-refractivity contribution in [2.75, 3.05) is 0 Å². The van der Waals surface area contributed by atoms with Crippen LogP contribution >= 0.6 is 0 Å². The zero-order valence-corrected chi connectivity index (χ0v) is 16.6. The summed E-state index contributed by atoms with van der Waals surface area (Å²) in [5.74, 6) is -0.770. The summed E-state index contributed by atoms with van der Waals surface area (Å²) in [6.07, 6.45) is 0. The molecular weight excluding hydrogens is 397 g/mol. The van der Waals surface area contributed by atoms with Crippen LogP contribution in [-0.4, -0.2) is 15.9 Å². The number of carbonyl (C=O) groups excluding carboxylic acids is 1. The number of benzene rings is 3. The molecule has 0 spiro atoms. The van der Waals surface area contributed by atoms with Gasteiger partial charge in [-0.15, -0.1) is 0 Å². The van der Waals surface area contributed by atoms with E-state index >= 15 is 0 Å². The van der Waals surface area contributed by atoms with Crippen molar-refractivity contribution >= 4 is 16.9 Å². The fourth-order valence-electron chi connectivity index (χ4n) is 4.13. The predicted molar refractivity (Wildman–Crippen MR) is 113 cm³/mol. The highest BCUT2D eigenvalue weighted by atomic mass is 19.1. The molecule has 154 valence electrons. The summed E-state index contributed by atoms with van der Waals surface area (Å²) >= 11 is 0. The van der Waals surface area contributed by atoms with Crippen molar-refractivity contribution in [3.63, 3.8) is 0 Å². The van der Waals surface area contributed by atoms with Gasteiger partial charge in [0.1, 0.15) is 17.1 Å². The number of phenols is 1. The van der Waals surface area contributed by atoms with Crippen LogP contribution in [0.2, 0.25) is 0 Å². The van der Waals surface area contributed by atoms with E-state index in [0.717, 1.165) is 5.56 Å². The van der Waals surface area contributed by atoms with Gasteiger partial charge in [-0.1, -0.05) is 35.9 Å². The van der Waals surface area contributed by atoms with Gasteiger partial charge in [0.2, 0.25) is 5.76 Å². The summed E-state index contributed by atoms with van der Waals surface area (Å²) in [4.78, 5) is 28.4. The van der Waals surface area contributed by atoms with Crippen LogP contribution in [-0.2, 0) is 6.54 Å². The van der Waals surface area contributed by atoms with Gasteiger partial charge in [0.15, 0.2) is 5.43 Å². The van der Waals surface area contributed by atoms with Crippen LogP contribution in [0.4, 0.5) is 4.39 Å². The summed E-state index contributed by atoms with van der Waals surface area (Å²) in [6, 6.07) is 16.8. The minimum absolute atomic E-state index is 0.00296. The van der Waals surface area contributed by atoms with Gasteiger partial charge in [-0.25, -0.2) is 4.39 Å². The van der Waals surface area contributed by atoms with Crippen LogP contribution in [0.15, 0.2) is 75.9 Å².